The van der Waals surface area contributed by atoms with Crippen LogP contribution in [0.2, 0.25) is 0 Å². The Morgan fingerprint density at radius 2 is 2.33 bits per heavy atom. The van der Waals surface area contributed by atoms with Crippen molar-refractivity contribution in [1.82, 2.24) is 4.90 Å². The third-order valence-electron chi connectivity index (χ3n) is 3.41. The van der Waals surface area contributed by atoms with Crippen molar-refractivity contribution in [2.45, 2.75) is 25.8 Å². The Labute approximate surface area is 95.7 Å². The molecule has 2 aliphatic rings. The molecule has 0 bridgehead atoms. The minimum atomic E-state index is 0.0779. The van der Waals surface area contributed by atoms with Crippen LogP contribution < -0.4 is 0 Å². The van der Waals surface area contributed by atoms with E-state index in [0.717, 1.165) is 0 Å². The highest BCUT2D eigenvalue weighted by Gasteiger charge is 2.37. The number of hydrogen-bond acceptors (Lipinski definition) is 2. The van der Waals surface area contributed by atoms with Gasteiger partial charge in [-0.2, -0.15) is 0 Å². The summed E-state index contributed by atoms with van der Waals surface area (Å²) in [5, 5.41) is 0. The number of nitrogens with zero attached hydrogens (tertiary/aromatic N) is 1. The van der Waals surface area contributed by atoms with Crippen molar-refractivity contribution in [3.05, 3.63) is 0 Å². The summed E-state index contributed by atoms with van der Waals surface area (Å²) < 4.78 is 5.33. The van der Waals surface area contributed by atoms with Crippen molar-refractivity contribution in [3.63, 3.8) is 0 Å². The summed E-state index contributed by atoms with van der Waals surface area (Å²) in [6, 6.07) is 0.0779. The van der Waals surface area contributed by atoms with Crippen LogP contribution in [0.1, 0.15) is 19.8 Å². The molecule has 0 spiro atoms. The molecule has 1 saturated heterocycles. The molecule has 2 atom stereocenters. The maximum Gasteiger partial charge on any atom is 0.226 e. The second kappa shape index (κ2) is 4.71. The Hall–Kier alpha value is -0.280. The van der Waals surface area contributed by atoms with Crippen LogP contribution in [0.3, 0.4) is 0 Å². The average molecular weight is 232 g/mol. The minimum absolute atomic E-state index is 0.0779. The molecule has 2 rings (SSSR count). The van der Waals surface area contributed by atoms with Gasteiger partial charge in [-0.15, -0.1) is 11.6 Å². The van der Waals surface area contributed by atoms with E-state index in [2.05, 4.69) is 0 Å². The van der Waals surface area contributed by atoms with Gasteiger partial charge in [-0.1, -0.05) is 6.92 Å². The zero-order valence-electron chi connectivity index (χ0n) is 9.12. The molecule has 4 heteroatoms. The van der Waals surface area contributed by atoms with Crippen LogP contribution in [0.5, 0.6) is 0 Å². The molecule has 1 aliphatic carbocycles. The maximum absolute atomic E-state index is 12.2. The zero-order chi connectivity index (χ0) is 10.8. The van der Waals surface area contributed by atoms with E-state index in [1.807, 2.05) is 11.8 Å². The molecule has 86 valence electrons. The fraction of sp³-hybridized carbons (Fsp3) is 0.909. The Morgan fingerprint density at radius 1 is 1.60 bits per heavy atom. The molecule has 0 N–H and O–H groups in total. The van der Waals surface area contributed by atoms with Gasteiger partial charge in [-0.05, 0) is 18.8 Å². The fourth-order valence-corrected chi connectivity index (χ4v) is 2.39. The van der Waals surface area contributed by atoms with Crippen molar-refractivity contribution in [2.24, 2.45) is 11.8 Å². The van der Waals surface area contributed by atoms with Gasteiger partial charge in [-0.25, -0.2) is 0 Å². The summed E-state index contributed by atoms with van der Waals surface area (Å²) in [6.07, 6.45) is 2.42. The first-order valence-corrected chi connectivity index (χ1v) is 6.21. The number of amides is 1. The quantitative estimate of drug-likeness (QED) is 0.689. The molecule has 15 heavy (non-hydrogen) atoms. The topological polar surface area (TPSA) is 29.5 Å². The van der Waals surface area contributed by atoms with E-state index < -0.39 is 0 Å². The molecule has 2 fully saturated rings. The molecule has 3 nitrogen and oxygen atoms in total. The van der Waals surface area contributed by atoms with Crippen molar-refractivity contribution in [2.75, 3.05) is 25.6 Å². The molecule has 0 aromatic rings. The van der Waals surface area contributed by atoms with Gasteiger partial charge >= 0.3 is 0 Å². The lowest BCUT2D eigenvalue weighted by molar-refractivity contribution is -0.143. The molecule has 0 aromatic heterocycles. The highest BCUT2D eigenvalue weighted by molar-refractivity contribution is 6.18. The smallest absolute Gasteiger partial charge is 0.226 e. The first-order chi connectivity index (χ1) is 7.24. The van der Waals surface area contributed by atoms with Crippen LogP contribution in [0.25, 0.3) is 0 Å². The molecule has 1 aliphatic heterocycles. The van der Waals surface area contributed by atoms with Crippen LogP contribution >= 0.6 is 11.6 Å². The number of rotatable bonds is 3. The average Bonchev–Trinajstić information content (AvgIpc) is 3.11. The third-order valence-corrected chi connectivity index (χ3v) is 3.76. The standard InChI is InChI=1S/C11H18ClNO2/c1-8(9-2-3-9)11(14)13-4-5-15-7-10(13)6-12/h8-10H,2-7H2,1H3. The van der Waals surface area contributed by atoms with E-state index in [0.29, 0.717) is 31.6 Å². The second-order valence-corrected chi connectivity index (χ2v) is 4.85. The van der Waals surface area contributed by atoms with Crippen LogP contribution in [0, 0.1) is 11.8 Å². The van der Waals surface area contributed by atoms with Gasteiger partial charge in [0.25, 0.3) is 0 Å². The molecule has 0 aromatic carbocycles. The van der Waals surface area contributed by atoms with Crippen molar-refractivity contribution < 1.29 is 9.53 Å². The van der Waals surface area contributed by atoms with Gasteiger partial charge in [0.05, 0.1) is 19.3 Å². The van der Waals surface area contributed by atoms with E-state index >= 15 is 0 Å². The van der Waals surface area contributed by atoms with E-state index in [1.165, 1.54) is 12.8 Å². The maximum atomic E-state index is 12.2. The van der Waals surface area contributed by atoms with Gasteiger partial charge in [0.2, 0.25) is 5.91 Å². The lowest BCUT2D eigenvalue weighted by atomic mass is 10.0. The number of carbonyl (C=O) groups excluding carboxylic acids is 1. The SMILES string of the molecule is CC(C(=O)N1CCOCC1CCl)C1CC1. The van der Waals surface area contributed by atoms with Crippen LogP contribution in [-0.4, -0.2) is 42.5 Å². The molecule has 2 unspecified atom stereocenters. The van der Waals surface area contributed by atoms with Gasteiger partial charge in [0.15, 0.2) is 0 Å². The summed E-state index contributed by atoms with van der Waals surface area (Å²) in [5.74, 6) is 1.54. The predicted molar refractivity (Wildman–Crippen MR) is 58.9 cm³/mol. The largest absolute Gasteiger partial charge is 0.377 e. The highest BCUT2D eigenvalue weighted by Crippen LogP contribution is 2.37. The zero-order valence-corrected chi connectivity index (χ0v) is 9.87. The Balaban J connectivity index is 1.96. The molecular formula is C11H18ClNO2. The number of alkyl halides is 1. The Morgan fingerprint density at radius 3 is 2.93 bits per heavy atom. The number of ether oxygens (including phenoxy) is 1. The lowest BCUT2D eigenvalue weighted by Crippen LogP contribution is -2.51. The summed E-state index contributed by atoms with van der Waals surface area (Å²) >= 11 is 5.85. The van der Waals surface area contributed by atoms with Crippen molar-refractivity contribution in [3.8, 4) is 0 Å². The van der Waals surface area contributed by atoms with E-state index in [9.17, 15) is 4.79 Å². The molecule has 1 saturated carbocycles. The second-order valence-electron chi connectivity index (χ2n) is 4.54. The van der Waals surface area contributed by atoms with E-state index in [-0.39, 0.29) is 17.9 Å². The Kier molecular flexibility index (Phi) is 3.52. The first-order valence-electron chi connectivity index (χ1n) is 5.68. The van der Waals surface area contributed by atoms with Crippen LogP contribution in [0.15, 0.2) is 0 Å². The predicted octanol–water partition coefficient (Wildman–Crippen LogP) is 1.50. The summed E-state index contributed by atoms with van der Waals surface area (Å²) in [4.78, 5) is 14.1. The number of carbonyl (C=O) groups is 1. The number of hydrogen-bond donors (Lipinski definition) is 0. The Bertz CT molecular complexity index is 243. The number of morpholine rings is 1. The van der Waals surface area contributed by atoms with Crippen molar-refractivity contribution >= 4 is 17.5 Å². The van der Waals surface area contributed by atoms with Crippen molar-refractivity contribution in [1.29, 1.82) is 0 Å². The molecule has 1 amide bonds. The van der Waals surface area contributed by atoms with Gasteiger partial charge in [-0.3, -0.25) is 4.79 Å². The molecule has 0 radical (unpaired) electrons. The highest BCUT2D eigenvalue weighted by atomic mass is 35.5. The minimum Gasteiger partial charge on any atom is -0.377 e. The normalized spacial score (nSPS) is 28.9. The molecular weight excluding hydrogens is 214 g/mol. The van der Waals surface area contributed by atoms with Gasteiger partial charge < -0.3 is 9.64 Å². The van der Waals surface area contributed by atoms with E-state index in [1.54, 1.807) is 0 Å². The third kappa shape index (κ3) is 2.45. The van der Waals surface area contributed by atoms with Gasteiger partial charge in [0.1, 0.15) is 0 Å². The fourth-order valence-electron chi connectivity index (χ4n) is 2.13. The summed E-state index contributed by atoms with van der Waals surface area (Å²) in [7, 11) is 0. The summed E-state index contributed by atoms with van der Waals surface area (Å²) in [6.45, 7) is 3.98. The van der Waals surface area contributed by atoms with E-state index in [4.69, 9.17) is 16.3 Å². The molecule has 1 heterocycles. The van der Waals surface area contributed by atoms with Crippen LogP contribution in [-0.2, 0) is 9.53 Å². The van der Waals surface area contributed by atoms with Crippen LogP contribution in [0.4, 0.5) is 0 Å². The lowest BCUT2D eigenvalue weighted by Gasteiger charge is -2.36. The van der Waals surface area contributed by atoms with Gasteiger partial charge in [0, 0.05) is 18.3 Å². The number of halogens is 1. The monoisotopic (exact) mass is 231 g/mol. The first kappa shape index (κ1) is 11.2. The summed E-state index contributed by atoms with van der Waals surface area (Å²) in [5.41, 5.74) is 0.